The van der Waals surface area contributed by atoms with Crippen LogP contribution in [-0.2, 0) is 24.8 Å². The number of nitrogens with one attached hydrogen (secondary N) is 2. The molecule has 7 nitrogen and oxygen atoms in total. The molecule has 0 aliphatic carbocycles. The van der Waals surface area contributed by atoms with Gasteiger partial charge in [0.2, 0.25) is 0 Å². The summed E-state index contributed by atoms with van der Waals surface area (Å²) >= 11 is 0. The highest BCUT2D eigenvalue weighted by Gasteiger charge is 2.00. The summed E-state index contributed by atoms with van der Waals surface area (Å²) in [6.07, 6.45) is 7.37. The Morgan fingerprint density at radius 3 is 2.96 bits per heavy atom. The van der Waals surface area contributed by atoms with Gasteiger partial charge in [0, 0.05) is 39.5 Å². The van der Waals surface area contributed by atoms with Gasteiger partial charge in [0.25, 0.3) is 0 Å². The average Bonchev–Trinajstić information content (AvgIpc) is 3.22. The number of aryl methyl sites for hydroxylation is 1. The van der Waals surface area contributed by atoms with E-state index in [4.69, 9.17) is 9.15 Å². The van der Waals surface area contributed by atoms with Crippen LogP contribution in [0.25, 0.3) is 0 Å². The minimum absolute atomic E-state index is 0. The smallest absolute Gasteiger partial charge is 0.191 e. The van der Waals surface area contributed by atoms with Crippen LogP contribution in [0.15, 0.2) is 40.2 Å². The summed E-state index contributed by atoms with van der Waals surface area (Å²) in [6.45, 7) is 5.63. The quantitative estimate of drug-likeness (QED) is 0.246. The molecular formula is C17H28IN5O2. The summed E-state index contributed by atoms with van der Waals surface area (Å²) in [6, 6.07) is 3.77. The van der Waals surface area contributed by atoms with Crippen molar-refractivity contribution in [3.8, 4) is 0 Å². The van der Waals surface area contributed by atoms with E-state index in [1.54, 1.807) is 6.26 Å². The molecule has 2 heterocycles. The molecule has 140 valence electrons. The van der Waals surface area contributed by atoms with Crippen molar-refractivity contribution in [2.24, 2.45) is 12.0 Å². The minimum atomic E-state index is 0. The van der Waals surface area contributed by atoms with Crippen molar-refractivity contribution in [2.75, 3.05) is 26.2 Å². The van der Waals surface area contributed by atoms with Crippen LogP contribution in [-0.4, -0.2) is 42.0 Å². The van der Waals surface area contributed by atoms with Crippen molar-refractivity contribution in [3.63, 3.8) is 0 Å². The largest absolute Gasteiger partial charge is 0.467 e. The van der Waals surface area contributed by atoms with E-state index in [2.05, 4.69) is 27.6 Å². The first-order valence-electron chi connectivity index (χ1n) is 8.37. The molecule has 2 rings (SSSR count). The molecule has 0 amide bonds. The second kappa shape index (κ2) is 12.8. The highest BCUT2D eigenvalue weighted by atomic mass is 127. The van der Waals surface area contributed by atoms with Crippen molar-refractivity contribution in [2.45, 2.75) is 26.4 Å². The zero-order valence-electron chi connectivity index (χ0n) is 14.9. The molecule has 0 saturated carbocycles. The van der Waals surface area contributed by atoms with Gasteiger partial charge in [0.15, 0.2) is 5.96 Å². The van der Waals surface area contributed by atoms with Gasteiger partial charge in [-0.25, -0.2) is 0 Å². The van der Waals surface area contributed by atoms with Gasteiger partial charge >= 0.3 is 0 Å². The maximum atomic E-state index is 5.55. The molecule has 25 heavy (non-hydrogen) atoms. The number of nitrogens with zero attached hydrogens (tertiary/aromatic N) is 3. The number of halogens is 1. The third-order valence-corrected chi connectivity index (χ3v) is 3.35. The van der Waals surface area contributed by atoms with E-state index in [0.29, 0.717) is 13.2 Å². The van der Waals surface area contributed by atoms with Crippen LogP contribution in [0.3, 0.4) is 0 Å². The van der Waals surface area contributed by atoms with Gasteiger partial charge in [0.1, 0.15) is 12.4 Å². The number of aromatic nitrogens is 2. The number of ether oxygens (including phenoxy) is 1. The number of guanidine groups is 1. The molecule has 0 atom stereocenters. The van der Waals surface area contributed by atoms with E-state index in [0.717, 1.165) is 44.2 Å². The zero-order chi connectivity index (χ0) is 17.0. The first-order valence-corrected chi connectivity index (χ1v) is 8.37. The fraction of sp³-hybridized carbons (Fsp3) is 0.529. The predicted molar refractivity (Wildman–Crippen MR) is 109 cm³/mol. The van der Waals surface area contributed by atoms with Gasteiger partial charge in [-0.05, 0) is 37.5 Å². The topological polar surface area (TPSA) is 76.6 Å². The number of rotatable bonds is 10. The van der Waals surface area contributed by atoms with Crippen molar-refractivity contribution in [1.82, 2.24) is 20.4 Å². The highest BCUT2D eigenvalue weighted by Crippen LogP contribution is 2.01. The van der Waals surface area contributed by atoms with E-state index in [-0.39, 0.29) is 24.0 Å². The Labute approximate surface area is 166 Å². The highest BCUT2D eigenvalue weighted by molar-refractivity contribution is 14.0. The zero-order valence-corrected chi connectivity index (χ0v) is 17.2. The van der Waals surface area contributed by atoms with E-state index >= 15 is 0 Å². The van der Waals surface area contributed by atoms with Crippen molar-refractivity contribution < 1.29 is 9.15 Å². The Kier molecular flexibility index (Phi) is 11.0. The van der Waals surface area contributed by atoms with Crippen LogP contribution in [0.2, 0.25) is 0 Å². The van der Waals surface area contributed by atoms with Crippen LogP contribution in [0.1, 0.15) is 24.7 Å². The van der Waals surface area contributed by atoms with E-state index < -0.39 is 0 Å². The van der Waals surface area contributed by atoms with Crippen LogP contribution in [0.4, 0.5) is 0 Å². The molecule has 2 aromatic rings. The molecule has 8 heteroatoms. The van der Waals surface area contributed by atoms with Gasteiger partial charge < -0.3 is 19.8 Å². The molecule has 0 aromatic carbocycles. The molecule has 0 bridgehead atoms. The van der Waals surface area contributed by atoms with Crippen LogP contribution in [0.5, 0.6) is 0 Å². The van der Waals surface area contributed by atoms with Crippen molar-refractivity contribution in [1.29, 1.82) is 0 Å². The fourth-order valence-corrected chi connectivity index (χ4v) is 2.19. The SMILES string of the molecule is CCNC(=NCCCOCc1ccco1)NCCc1cnn(C)c1.I. The summed E-state index contributed by atoms with van der Waals surface area (Å²) in [5, 5.41) is 10.8. The lowest BCUT2D eigenvalue weighted by atomic mass is 10.2. The summed E-state index contributed by atoms with van der Waals surface area (Å²) in [4.78, 5) is 4.55. The molecule has 0 radical (unpaired) electrons. The van der Waals surface area contributed by atoms with Gasteiger partial charge in [-0.15, -0.1) is 24.0 Å². The molecule has 0 fully saturated rings. The molecule has 0 aliphatic heterocycles. The maximum Gasteiger partial charge on any atom is 0.191 e. The lowest BCUT2D eigenvalue weighted by Crippen LogP contribution is -2.38. The third kappa shape index (κ3) is 8.92. The molecule has 2 aromatic heterocycles. The minimum Gasteiger partial charge on any atom is -0.467 e. The standard InChI is InChI=1S/C17H27N5O2.HI/c1-3-18-17(20-9-7-15-12-21-22(2)13-15)19-8-5-10-23-14-16-6-4-11-24-16;/h4,6,11-13H,3,5,7-10,14H2,1-2H3,(H2,18,19,20);1H. The molecule has 2 N–H and O–H groups in total. The molecule has 0 saturated heterocycles. The molecule has 0 spiro atoms. The summed E-state index contributed by atoms with van der Waals surface area (Å²) < 4.78 is 12.6. The maximum absolute atomic E-state index is 5.55. The normalized spacial score (nSPS) is 11.2. The Hall–Kier alpha value is -1.55. The molecular weight excluding hydrogens is 433 g/mol. The predicted octanol–water partition coefficient (Wildman–Crippen LogP) is 2.34. The van der Waals surface area contributed by atoms with Gasteiger partial charge in [-0.2, -0.15) is 5.10 Å². The number of hydrogen-bond acceptors (Lipinski definition) is 4. The third-order valence-electron chi connectivity index (χ3n) is 3.35. The first kappa shape index (κ1) is 21.5. The van der Waals surface area contributed by atoms with Gasteiger partial charge in [-0.1, -0.05) is 0 Å². The number of aliphatic imine (C=N–C) groups is 1. The Bertz CT molecular complexity index is 598. The molecule has 0 aliphatic rings. The van der Waals surface area contributed by atoms with Crippen LogP contribution in [0, 0.1) is 0 Å². The first-order chi connectivity index (χ1) is 11.8. The second-order valence-corrected chi connectivity index (χ2v) is 5.45. The number of hydrogen-bond donors (Lipinski definition) is 2. The van der Waals surface area contributed by atoms with Crippen LogP contribution < -0.4 is 10.6 Å². The van der Waals surface area contributed by atoms with E-state index in [1.807, 2.05) is 36.3 Å². The Balaban J connectivity index is 0.00000312. The molecule has 0 unspecified atom stereocenters. The van der Waals surface area contributed by atoms with Crippen molar-refractivity contribution in [3.05, 3.63) is 42.1 Å². The fourth-order valence-electron chi connectivity index (χ4n) is 2.19. The lowest BCUT2D eigenvalue weighted by Gasteiger charge is -2.10. The van der Waals surface area contributed by atoms with Gasteiger partial charge in [0.05, 0.1) is 12.5 Å². The second-order valence-electron chi connectivity index (χ2n) is 5.45. The van der Waals surface area contributed by atoms with Crippen molar-refractivity contribution >= 4 is 29.9 Å². The van der Waals surface area contributed by atoms with Crippen LogP contribution >= 0.6 is 24.0 Å². The monoisotopic (exact) mass is 461 g/mol. The lowest BCUT2D eigenvalue weighted by molar-refractivity contribution is 0.105. The number of furan rings is 1. The summed E-state index contributed by atoms with van der Waals surface area (Å²) in [5.74, 6) is 1.69. The van der Waals surface area contributed by atoms with E-state index in [1.165, 1.54) is 5.56 Å². The van der Waals surface area contributed by atoms with Gasteiger partial charge in [-0.3, -0.25) is 9.67 Å². The summed E-state index contributed by atoms with van der Waals surface area (Å²) in [7, 11) is 1.93. The summed E-state index contributed by atoms with van der Waals surface area (Å²) in [5.41, 5.74) is 1.21. The Morgan fingerprint density at radius 1 is 1.40 bits per heavy atom. The Morgan fingerprint density at radius 2 is 2.28 bits per heavy atom. The average molecular weight is 461 g/mol. The van der Waals surface area contributed by atoms with E-state index in [9.17, 15) is 0 Å².